The van der Waals surface area contributed by atoms with Crippen molar-refractivity contribution in [1.82, 2.24) is 9.34 Å². The zero-order valence-corrected chi connectivity index (χ0v) is 14.8. The number of nitro benzene ring substituents is 1. The van der Waals surface area contributed by atoms with E-state index < -0.39 is 24.9 Å². The molecule has 2 fully saturated rings. The van der Waals surface area contributed by atoms with E-state index in [0.29, 0.717) is 26.2 Å². The van der Waals surface area contributed by atoms with Gasteiger partial charge < -0.3 is 0 Å². The highest BCUT2D eigenvalue weighted by molar-refractivity contribution is 7.54. The average Bonchev–Trinajstić information content (AvgIpc) is 3.48. The van der Waals surface area contributed by atoms with Gasteiger partial charge >= 0.3 is 13.8 Å². The van der Waals surface area contributed by atoms with Crippen LogP contribution in [0.2, 0.25) is 0 Å². The van der Waals surface area contributed by atoms with Crippen molar-refractivity contribution in [3.63, 3.8) is 0 Å². The number of hydrogen-bond acceptors (Lipinski definition) is 4. The summed E-state index contributed by atoms with van der Waals surface area (Å²) in [6.45, 7) is 1.66. The largest absolute Gasteiger partial charge is 0.419 e. The lowest BCUT2D eigenvalue weighted by Crippen LogP contribution is -2.25. The molecule has 144 valence electrons. The number of nitrogens with zero attached hydrogens (tertiary/aromatic N) is 3. The van der Waals surface area contributed by atoms with E-state index in [-0.39, 0.29) is 22.0 Å². The maximum Gasteiger partial charge on any atom is 0.419 e. The molecule has 7 nitrogen and oxygen atoms in total. The van der Waals surface area contributed by atoms with E-state index in [4.69, 9.17) is 4.52 Å². The monoisotopic (exact) mass is 401 g/mol. The molecule has 2 saturated heterocycles. The molecule has 2 aromatic rings. The fraction of sp³-hybridized carbons (Fsp3) is 0.375. The minimum absolute atomic E-state index is 0.0529. The summed E-state index contributed by atoms with van der Waals surface area (Å²) in [5, 5.41) is 11.3. The molecule has 0 spiro atoms. The van der Waals surface area contributed by atoms with Gasteiger partial charge in [0.05, 0.1) is 10.3 Å². The van der Waals surface area contributed by atoms with Gasteiger partial charge in [-0.05, 0) is 23.1 Å². The van der Waals surface area contributed by atoms with Gasteiger partial charge in [-0.15, -0.1) is 0 Å². The molecule has 0 aromatic heterocycles. The molecule has 0 saturated carbocycles. The summed E-state index contributed by atoms with van der Waals surface area (Å²) in [5.41, 5.74) is -0.581. The minimum atomic E-state index is -4.83. The zero-order valence-electron chi connectivity index (χ0n) is 13.9. The van der Waals surface area contributed by atoms with Crippen molar-refractivity contribution in [2.24, 2.45) is 0 Å². The molecular weight excluding hydrogens is 386 g/mol. The van der Waals surface area contributed by atoms with Crippen molar-refractivity contribution >= 4 is 24.1 Å². The lowest BCUT2D eigenvalue weighted by atomic mass is 9.99. The lowest BCUT2D eigenvalue weighted by molar-refractivity contribution is -0.383. The highest BCUT2D eigenvalue weighted by Gasteiger charge is 2.55. The quantitative estimate of drug-likeness (QED) is 0.314. The Morgan fingerprint density at radius 1 is 1.04 bits per heavy atom. The van der Waals surface area contributed by atoms with Crippen LogP contribution in [0.5, 0.6) is 0 Å². The Morgan fingerprint density at radius 3 is 2.07 bits per heavy atom. The Hall–Kier alpha value is -2.00. The first-order chi connectivity index (χ1) is 12.7. The van der Waals surface area contributed by atoms with E-state index in [2.05, 4.69) is 0 Å². The molecule has 4 rings (SSSR count). The van der Waals surface area contributed by atoms with E-state index in [1.807, 2.05) is 0 Å². The van der Waals surface area contributed by atoms with Crippen molar-refractivity contribution in [2.75, 3.05) is 26.2 Å². The van der Waals surface area contributed by atoms with Gasteiger partial charge in [-0.1, -0.05) is 18.2 Å². The molecule has 0 radical (unpaired) electrons. The van der Waals surface area contributed by atoms with Crippen molar-refractivity contribution < 1.29 is 27.2 Å². The first-order valence-corrected chi connectivity index (χ1v) is 9.77. The maximum atomic E-state index is 13.9. The van der Waals surface area contributed by atoms with E-state index in [9.17, 15) is 27.9 Å². The molecular formula is C16H15F3N3O4P. The predicted molar refractivity (Wildman–Crippen MR) is 91.2 cm³/mol. The topological polar surface area (TPSA) is 75.5 Å². The summed E-state index contributed by atoms with van der Waals surface area (Å²) in [6.07, 6.45) is -7.28. The molecule has 11 heteroatoms. The molecule has 2 aliphatic heterocycles. The molecule has 1 atom stereocenters. The molecule has 2 aromatic carbocycles. The number of benzene rings is 2. The van der Waals surface area contributed by atoms with Crippen LogP contribution in [-0.4, -0.2) is 46.6 Å². The molecule has 27 heavy (non-hydrogen) atoms. The third-order valence-corrected chi connectivity index (χ3v) is 7.23. The van der Waals surface area contributed by atoms with Crippen molar-refractivity contribution in [1.29, 1.82) is 0 Å². The summed E-state index contributed by atoms with van der Waals surface area (Å²) in [7, 11) is -3.76. The first-order valence-electron chi connectivity index (χ1n) is 8.24. The number of hydrogen-bond donors (Lipinski definition) is 0. The van der Waals surface area contributed by atoms with Crippen LogP contribution >= 0.6 is 7.67 Å². The maximum absolute atomic E-state index is 13.9. The van der Waals surface area contributed by atoms with Crippen LogP contribution < -0.4 is 0 Å². The van der Waals surface area contributed by atoms with E-state index in [0.717, 1.165) is 12.1 Å². The van der Waals surface area contributed by atoms with Crippen molar-refractivity contribution in [3.8, 4) is 0 Å². The Labute approximate surface area is 152 Å². The summed E-state index contributed by atoms with van der Waals surface area (Å²) in [6, 6.07) is 7.84. The van der Waals surface area contributed by atoms with Crippen LogP contribution in [0.25, 0.3) is 10.8 Å². The van der Waals surface area contributed by atoms with Crippen LogP contribution in [0.3, 0.4) is 0 Å². The van der Waals surface area contributed by atoms with Crippen LogP contribution in [0.4, 0.5) is 18.9 Å². The highest BCUT2D eigenvalue weighted by Crippen LogP contribution is 2.65. The Kier molecular flexibility index (Phi) is 4.27. The number of halogens is 3. The minimum Gasteiger partial charge on any atom is -0.288 e. The van der Waals surface area contributed by atoms with Gasteiger partial charge in [0.2, 0.25) is 0 Å². The fourth-order valence-corrected chi connectivity index (χ4v) is 5.35. The Balaban J connectivity index is 1.83. The normalized spacial score (nSPS) is 19.2. The third-order valence-electron chi connectivity index (χ3n) is 4.52. The van der Waals surface area contributed by atoms with Gasteiger partial charge in [-0.2, -0.15) is 13.2 Å². The summed E-state index contributed by atoms with van der Waals surface area (Å²) in [5.74, 6) is 0. The second kappa shape index (κ2) is 6.27. The van der Waals surface area contributed by atoms with Gasteiger partial charge in [0.15, 0.2) is 6.10 Å². The SMILES string of the molecule is O=[N+]([O-])c1ccc([C@@H](OP(=O)(N2CC2)N2CC2)C(F)(F)F)c2ccccc12. The van der Waals surface area contributed by atoms with Gasteiger partial charge in [0.25, 0.3) is 5.69 Å². The van der Waals surface area contributed by atoms with Gasteiger partial charge in [-0.25, -0.2) is 9.34 Å². The Bertz CT molecular complexity index is 944. The van der Waals surface area contributed by atoms with Gasteiger partial charge in [-0.3, -0.25) is 19.2 Å². The van der Waals surface area contributed by atoms with Crippen LogP contribution in [-0.2, 0) is 9.09 Å². The predicted octanol–water partition coefficient (Wildman–Crippen LogP) is 4.11. The molecule has 0 unspecified atom stereocenters. The van der Waals surface area contributed by atoms with E-state index >= 15 is 0 Å². The fourth-order valence-electron chi connectivity index (χ4n) is 3.03. The standard InChI is InChI=1S/C16H15F3N3O4P/c17-16(18,19)15(26-27(25,20-7-8-20)21-9-10-21)13-5-6-14(22(23)24)12-4-2-1-3-11(12)13/h1-6,15H,7-10H2/t15-/m1/s1. The summed E-state index contributed by atoms with van der Waals surface area (Å²) >= 11 is 0. The summed E-state index contributed by atoms with van der Waals surface area (Å²) in [4.78, 5) is 10.6. The van der Waals surface area contributed by atoms with E-state index in [1.165, 1.54) is 33.6 Å². The first kappa shape index (κ1) is 18.4. The Morgan fingerprint density at radius 2 is 1.59 bits per heavy atom. The second-order valence-electron chi connectivity index (χ2n) is 6.40. The third kappa shape index (κ3) is 3.34. The van der Waals surface area contributed by atoms with Crippen molar-refractivity contribution in [3.05, 3.63) is 52.1 Å². The van der Waals surface area contributed by atoms with Gasteiger partial charge in [0.1, 0.15) is 0 Å². The van der Waals surface area contributed by atoms with Crippen LogP contribution in [0, 0.1) is 10.1 Å². The number of rotatable bonds is 6. The smallest absolute Gasteiger partial charge is 0.288 e. The van der Waals surface area contributed by atoms with Crippen LogP contribution in [0.1, 0.15) is 11.7 Å². The number of non-ortho nitro benzene ring substituents is 1. The molecule has 2 aliphatic rings. The average molecular weight is 401 g/mol. The zero-order chi connectivity index (χ0) is 19.4. The molecule has 2 heterocycles. The van der Waals surface area contributed by atoms with Crippen molar-refractivity contribution in [2.45, 2.75) is 12.3 Å². The number of fused-ring (bicyclic) bond motifs is 1. The molecule has 0 aliphatic carbocycles. The highest BCUT2D eigenvalue weighted by atomic mass is 31.2. The number of alkyl halides is 3. The van der Waals surface area contributed by atoms with Crippen LogP contribution in [0.15, 0.2) is 36.4 Å². The molecule has 0 N–H and O–H groups in total. The summed E-state index contributed by atoms with van der Waals surface area (Å²) < 4.78 is 62.8. The van der Waals surface area contributed by atoms with E-state index in [1.54, 1.807) is 0 Å². The number of nitro groups is 1. The van der Waals surface area contributed by atoms with Gasteiger partial charge in [0, 0.05) is 32.2 Å². The lowest BCUT2D eigenvalue weighted by Gasteiger charge is -2.28. The second-order valence-corrected chi connectivity index (χ2v) is 8.72. The molecule has 0 bridgehead atoms. The molecule has 0 amide bonds.